The van der Waals surface area contributed by atoms with Crippen LogP contribution in [0.25, 0.3) is 0 Å². The molecule has 0 bridgehead atoms. The van der Waals surface area contributed by atoms with Gasteiger partial charge in [0.05, 0.1) is 25.2 Å². The number of unbranched alkanes of at least 4 members (excludes halogenated alkanes) is 16. The average molecular weight is 834 g/mol. The van der Waals surface area contributed by atoms with Crippen LogP contribution in [0.5, 0.6) is 0 Å². The highest BCUT2D eigenvalue weighted by Gasteiger charge is 2.24. The lowest BCUT2D eigenvalue weighted by Crippen LogP contribution is -2.46. The van der Waals surface area contributed by atoms with Gasteiger partial charge in [-0.15, -0.1) is 0 Å². The molecule has 0 saturated heterocycles. The predicted octanol–water partition coefficient (Wildman–Crippen LogP) is 14.6. The van der Waals surface area contributed by atoms with Crippen LogP contribution in [0.15, 0.2) is 97.2 Å². The fourth-order valence-electron chi connectivity index (χ4n) is 6.83. The molecule has 0 aromatic heterocycles. The van der Waals surface area contributed by atoms with E-state index in [0.717, 1.165) is 96.3 Å². The van der Waals surface area contributed by atoms with E-state index in [2.05, 4.69) is 117 Å². The van der Waals surface area contributed by atoms with E-state index < -0.39 is 18.2 Å². The number of aliphatic hydroxyl groups is 2. The lowest BCUT2D eigenvalue weighted by Gasteiger charge is -2.24. The standard InChI is InChI=1S/C54H91NO5/c1-4-7-10-13-16-19-22-25-26-27-29-32-35-38-41-44-47-54(59)60-50(45-42-39-36-33-30-28-23-20-17-14-11-8-5-2)48-53(58)55-51(49-56)52(57)46-43-40-37-34-31-24-21-18-15-12-9-6-3/h7-8,10-11,14,16-17,19-20,23,25-26,29,32,38,41,50-52,56-57H,4-6,9,12-13,15,18,21-22,24,27-28,30-31,33-37,39-40,42-49H2,1-3H3,(H,55,58)/b10-7+,11-8+,17-14+,19-16+,23-20+,26-25+,32-29+,41-38+. The van der Waals surface area contributed by atoms with Gasteiger partial charge in [0.25, 0.3) is 0 Å². The summed E-state index contributed by atoms with van der Waals surface area (Å²) in [5, 5.41) is 23.7. The van der Waals surface area contributed by atoms with Crippen molar-refractivity contribution in [1.82, 2.24) is 5.32 Å². The van der Waals surface area contributed by atoms with Crippen LogP contribution < -0.4 is 5.32 Å². The quantitative estimate of drug-likeness (QED) is 0.0246. The second-order valence-corrected chi connectivity index (χ2v) is 16.2. The third-order valence-electron chi connectivity index (χ3n) is 10.5. The van der Waals surface area contributed by atoms with Crippen molar-refractivity contribution in [2.24, 2.45) is 0 Å². The highest BCUT2D eigenvalue weighted by molar-refractivity contribution is 5.77. The molecule has 0 heterocycles. The van der Waals surface area contributed by atoms with E-state index >= 15 is 0 Å². The smallest absolute Gasteiger partial charge is 0.306 e. The summed E-state index contributed by atoms with van der Waals surface area (Å²) in [7, 11) is 0. The summed E-state index contributed by atoms with van der Waals surface area (Å²) in [4.78, 5) is 26.1. The maximum atomic E-state index is 13.2. The summed E-state index contributed by atoms with van der Waals surface area (Å²) in [5.74, 6) is -0.602. The summed E-state index contributed by atoms with van der Waals surface area (Å²) in [6.07, 6.45) is 61.9. The first-order valence-corrected chi connectivity index (χ1v) is 24.5. The normalized spacial score (nSPS) is 14.2. The van der Waals surface area contributed by atoms with E-state index in [9.17, 15) is 19.8 Å². The molecule has 0 saturated carbocycles. The molecule has 6 heteroatoms. The van der Waals surface area contributed by atoms with Crippen molar-refractivity contribution in [2.75, 3.05) is 6.61 Å². The fourth-order valence-corrected chi connectivity index (χ4v) is 6.83. The molecule has 3 N–H and O–H groups in total. The average Bonchev–Trinajstić information content (AvgIpc) is 3.24. The molecule has 0 aliphatic rings. The largest absolute Gasteiger partial charge is 0.462 e. The highest BCUT2D eigenvalue weighted by atomic mass is 16.5. The minimum Gasteiger partial charge on any atom is -0.462 e. The maximum Gasteiger partial charge on any atom is 0.306 e. The summed E-state index contributed by atoms with van der Waals surface area (Å²) in [6, 6.07) is -0.728. The molecule has 3 atom stereocenters. The minimum atomic E-state index is -0.810. The number of aliphatic hydroxyl groups excluding tert-OH is 2. The monoisotopic (exact) mass is 834 g/mol. The summed E-state index contributed by atoms with van der Waals surface area (Å²) in [6.45, 7) is 6.20. The van der Waals surface area contributed by atoms with Gasteiger partial charge in [0, 0.05) is 6.42 Å². The number of allylic oxidation sites excluding steroid dienone is 16. The topological polar surface area (TPSA) is 95.9 Å². The Morgan fingerprint density at radius 2 is 0.983 bits per heavy atom. The van der Waals surface area contributed by atoms with Gasteiger partial charge in [-0.25, -0.2) is 0 Å². The number of hydrogen-bond donors (Lipinski definition) is 3. The Labute approximate surface area is 369 Å². The molecule has 0 fully saturated rings. The number of carbonyl (C=O) groups excluding carboxylic acids is 2. The zero-order valence-corrected chi connectivity index (χ0v) is 38.8. The van der Waals surface area contributed by atoms with Crippen LogP contribution in [0.3, 0.4) is 0 Å². The Kier molecular flexibility index (Phi) is 44.3. The van der Waals surface area contributed by atoms with Crippen LogP contribution in [0.2, 0.25) is 0 Å². The van der Waals surface area contributed by atoms with E-state index in [-0.39, 0.29) is 31.3 Å². The minimum absolute atomic E-state index is 0.0288. The molecule has 0 aliphatic carbocycles. The second-order valence-electron chi connectivity index (χ2n) is 16.2. The van der Waals surface area contributed by atoms with E-state index in [0.29, 0.717) is 19.3 Å². The van der Waals surface area contributed by atoms with Crippen LogP contribution >= 0.6 is 0 Å². The molecule has 0 radical (unpaired) electrons. The first-order chi connectivity index (χ1) is 29.5. The summed E-state index contributed by atoms with van der Waals surface area (Å²) >= 11 is 0. The van der Waals surface area contributed by atoms with E-state index in [1.165, 1.54) is 57.8 Å². The number of carbonyl (C=O) groups is 2. The molecule has 0 aromatic rings. The predicted molar refractivity (Wildman–Crippen MR) is 259 cm³/mol. The van der Waals surface area contributed by atoms with Gasteiger partial charge in [0.2, 0.25) is 5.91 Å². The molecule has 342 valence electrons. The van der Waals surface area contributed by atoms with Crippen molar-refractivity contribution >= 4 is 11.9 Å². The SMILES string of the molecule is CC/C=C/C=C/C=C/CCCCCCCC(CC(=O)NC(CO)C(O)CCCCCCCCCCCCCC)OC(=O)CC/C=C/C/C=C/C/C=C/C/C=C/C/C=C/CC. The van der Waals surface area contributed by atoms with Crippen LogP contribution in [0.1, 0.15) is 207 Å². The Morgan fingerprint density at radius 3 is 1.52 bits per heavy atom. The van der Waals surface area contributed by atoms with Crippen molar-refractivity contribution in [1.29, 1.82) is 0 Å². The van der Waals surface area contributed by atoms with E-state index in [4.69, 9.17) is 4.74 Å². The van der Waals surface area contributed by atoms with Gasteiger partial charge in [0.1, 0.15) is 6.10 Å². The van der Waals surface area contributed by atoms with Gasteiger partial charge < -0.3 is 20.3 Å². The molecular weight excluding hydrogens is 743 g/mol. The lowest BCUT2D eigenvalue weighted by molar-refractivity contribution is -0.150. The third-order valence-corrected chi connectivity index (χ3v) is 10.5. The maximum absolute atomic E-state index is 13.2. The third kappa shape index (κ3) is 41.5. The number of rotatable bonds is 42. The van der Waals surface area contributed by atoms with Gasteiger partial charge in [-0.05, 0) is 77.0 Å². The molecule has 0 aromatic carbocycles. The number of amides is 1. The van der Waals surface area contributed by atoms with Crippen LogP contribution in [-0.4, -0.2) is 46.9 Å². The second kappa shape index (κ2) is 46.8. The van der Waals surface area contributed by atoms with Crippen LogP contribution in [0, 0.1) is 0 Å². The van der Waals surface area contributed by atoms with E-state index in [1.807, 2.05) is 6.08 Å². The Hall–Kier alpha value is -3.22. The van der Waals surface area contributed by atoms with Crippen LogP contribution in [0.4, 0.5) is 0 Å². The van der Waals surface area contributed by atoms with Gasteiger partial charge >= 0.3 is 5.97 Å². The lowest BCUT2D eigenvalue weighted by atomic mass is 10.0. The number of nitrogens with one attached hydrogen (secondary N) is 1. The molecular formula is C54H91NO5. The Balaban J connectivity index is 4.75. The Bertz CT molecular complexity index is 1210. The van der Waals surface area contributed by atoms with Crippen molar-refractivity contribution in [3.63, 3.8) is 0 Å². The summed E-state index contributed by atoms with van der Waals surface area (Å²) in [5.41, 5.74) is 0. The van der Waals surface area contributed by atoms with Gasteiger partial charge in [-0.3, -0.25) is 9.59 Å². The van der Waals surface area contributed by atoms with Crippen molar-refractivity contribution < 1.29 is 24.5 Å². The molecule has 0 spiro atoms. The Morgan fingerprint density at radius 1 is 0.517 bits per heavy atom. The zero-order valence-electron chi connectivity index (χ0n) is 38.8. The molecule has 0 rings (SSSR count). The number of ether oxygens (including phenoxy) is 1. The summed E-state index contributed by atoms with van der Waals surface area (Å²) < 4.78 is 5.87. The van der Waals surface area contributed by atoms with Crippen molar-refractivity contribution in [2.45, 2.75) is 225 Å². The number of hydrogen-bond acceptors (Lipinski definition) is 5. The van der Waals surface area contributed by atoms with Gasteiger partial charge in [0.15, 0.2) is 0 Å². The zero-order chi connectivity index (χ0) is 43.8. The molecule has 1 amide bonds. The van der Waals surface area contributed by atoms with Gasteiger partial charge in [-0.1, -0.05) is 214 Å². The highest BCUT2D eigenvalue weighted by Crippen LogP contribution is 2.17. The van der Waals surface area contributed by atoms with Gasteiger partial charge in [-0.2, -0.15) is 0 Å². The molecule has 60 heavy (non-hydrogen) atoms. The first-order valence-electron chi connectivity index (χ1n) is 24.5. The van der Waals surface area contributed by atoms with Crippen molar-refractivity contribution in [3.05, 3.63) is 97.2 Å². The first kappa shape index (κ1) is 56.8. The fraction of sp³-hybridized carbons (Fsp3) is 0.667. The van der Waals surface area contributed by atoms with Crippen LogP contribution in [-0.2, 0) is 14.3 Å². The van der Waals surface area contributed by atoms with Crippen molar-refractivity contribution in [3.8, 4) is 0 Å². The van der Waals surface area contributed by atoms with E-state index in [1.54, 1.807) is 0 Å². The number of esters is 1. The molecule has 6 nitrogen and oxygen atoms in total. The molecule has 0 aliphatic heterocycles. The molecule has 3 unspecified atom stereocenters.